The number of halogens is 1. The van der Waals surface area contributed by atoms with Crippen molar-refractivity contribution in [3.8, 4) is 11.3 Å². The minimum Gasteiger partial charge on any atom is -0.378 e. The number of fused-ring (bicyclic) bond motifs is 1. The second kappa shape index (κ2) is 9.27. The molecule has 1 unspecified atom stereocenters. The average molecular weight is 506 g/mol. The Morgan fingerprint density at radius 1 is 1.12 bits per heavy atom. The first kappa shape index (κ1) is 23.2. The van der Waals surface area contributed by atoms with Crippen LogP contribution in [0.3, 0.4) is 0 Å². The summed E-state index contributed by atoms with van der Waals surface area (Å²) in [7, 11) is -2.17. The molecule has 34 heavy (non-hydrogen) atoms. The Morgan fingerprint density at radius 2 is 1.79 bits per heavy atom. The second-order valence-electron chi connectivity index (χ2n) is 8.59. The summed E-state index contributed by atoms with van der Waals surface area (Å²) in [5, 5.41) is 0.437. The van der Waals surface area contributed by atoms with Crippen LogP contribution in [-0.4, -0.2) is 102 Å². The molecule has 0 saturated carbocycles. The number of rotatable bonds is 5. The minimum absolute atomic E-state index is 0.192. The van der Waals surface area contributed by atoms with Gasteiger partial charge in [0.05, 0.1) is 18.9 Å². The van der Waals surface area contributed by atoms with Gasteiger partial charge in [-0.25, -0.2) is 24.2 Å². The number of nitrogens with two attached hydrogens (primary N) is 1. The van der Waals surface area contributed by atoms with E-state index in [0.29, 0.717) is 54.9 Å². The first-order chi connectivity index (χ1) is 16.3. The molecule has 182 valence electrons. The summed E-state index contributed by atoms with van der Waals surface area (Å²) in [6, 6.07) is 0. The number of aromatic nitrogens is 5. The highest BCUT2D eigenvalue weighted by molar-refractivity contribution is 7.97. The number of nitrogen functional groups attached to an aromatic ring is 1. The lowest BCUT2D eigenvalue weighted by Gasteiger charge is -2.34. The molecular weight excluding hydrogens is 478 g/mol. The number of piperazine rings is 1. The first-order valence-electron chi connectivity index (χ1n) is 11.1. The third kappa shape index (κ3) is 4.68. The van der Waals surface area contributed by atoms with Crippen LogP contribution in [0.4, 0.5) is 11.8 Å². The Bertz CT molecular complexity index is 1280. The van der Waals surface area contributed by atoms with E-state index in [-0.39, 0.29) is 5.95 Å². The normalized spacial score (nSPS) is 20.0. The summed E-state index contributed by atoms with van der Waals surface area (Å²) < 4.78 is 21.6. The van der Waals surface area contributed by atoms with Crippen molar-refractivity contribution in [3.63, 3.8) is 0 Å². The van der Waals surface area contributed by atoms with E-state index in [4.69, 9.17) is 32.0 Å². The smallest absolute Gasteiger partial charge is 0.219 e. The predicted octanol–water partition coefficient (Wildman–Crippen LogP) is 0.637. The molecule has 0 bridgehead atoms. The van der Waals surface area contributed by atoms with Gasteiger partial charge >= 0.3 is 0 Å². The molecule has 0 amide bonds. The third-order valence-electron chi connectivity index (χ3n) is 6.10. The van der Waals surface area contributed by atoms with Crippen LogP contribution in [-0.2, 0) is 21.0 Å². The molecule has 5 rings (SSSR count). The Hall–Kier alpha value is -2.51. The van der Waals surface area contributed by atoms with Crippen molar-refractivity contribution in [2.24, 2.45) is 0 Å². The maximum absolute atomic E-state index is 12.2. The van der Waals surface area contributed by atoms with Crippen LogP contribution in [0.2, 0.25) is 5.15 Å². The van der Waals surface area contributed by atoms with E-state index in [1.807, 2.05) is 14.9 Å². The van der Waals surface area contributed by atoms with E-state index in [1.54, 1.807) is 18.6 Å². The lowest BCUT2D eigenvalue weighted by molar-refractivity contribution is 0.122. The van der Waals surface area contributed by atoms with Gasteiger partial charge in [0, 0.05) is 85.9 Å². The van der Waals surface area contributed by atoms with E-state index in [9.17, 15) is 4.21 Å². The lowest BCUT2D eigenvalue weighted by atomic mass is 10.2. The first-order valence-corrected chi connectivity index (χ1v) is 13.5. The number of morpholine rings is 1. The number of hydrogen-bond acceptors (Lipinski definition) is 9. The highest BCUT2D eigenvalue weighted by atomic mass is 35.5. The van der Waals surface area contributed by atoms with Crippen LogP contribution >= 0.6 is 11.6 Å². The maximum Gasteiger partial charge on any atom is 0.219 e. The predicted molar refractivity (Wildman–Crippen MR) is 135 cm³/mol. The van der Waals surface area contributed by atoms with E-state index in [1.165, 1.54) is 0 Å². The minimum atomic E-state index is -2.17. The summed E-state index contributed by atoms with van der Waals surface area (Å²) in [6.45, 7) is 6.37. The molecule has 0 spiro atoms. The van der Waals surface area contributed by atoms with Gasteiger partial charge in [-0.05, 0) is 5.87 Å². The average Bonchev–Trinajstić information content (AvgIpc) is 3.25. The van der Waals surface area contributed by atoms with Crippen molar-refractivity contribution >= 4 is 44.6 Å². The molecule has 3 aromatic rings. The topological polar surface area (TPSA) is 118 Å². The van der Waals surface area contributed by atoms with Crippen LogP contribution in [0.15, 0.2) is 18.6 Å². The van der Waals surface area contributed by atoms with Gasteiger partial charge in [0.15, 0.2) is 11.5 Å². The summed E-state index contributed by atoms with van der Waals surface area (Å²) in [4.78, 5) is 22.5. The number of imidazole rings is 1. The molecular formula is C21H28ClN9O2S. The fourth-order valence-electron chi connectivity index (χ4n) is 4.26. The zero-order valence-corrected chi connectivity index (χ0v) is 20.6. The molecule has 2 aliphatic heterocycles. The Balaban J connectivity index is 1.49. The van der Waals surface area contributed by atoms with Crippen LogP contribution in [0.5, 0.6) is 0 Å². The van der Waals surface area contributed by atoms with Crippen molar-refractivity contribution in [2.45, 2.75) is 6.54 Å². The molecule has 2 fully saturated rings. The Labute approximate surface area is 203 Å². The largest absolute Gasteiger partial charge is 0.378 e. The molecule has 2 aliphatic rings. The van der Waals surface area contributed by atoms with Crippen LogP contribution in [0.25, 0.3) is 16.9 Å². The van der Waals surface area contributed by atoms with Crippen molar-refractivity contribution in [2.75, 3.05) is 69.4 Å². The van der Waals surface area contributed by atoms with Gasteiger partial charge in [0.25, 0.3) is 0 Å². The molecule has 0 radical (unpaired) electrons. The van der Waals surface area contributed by atoms with Crippen molar-refractivity contribution in [1.82, 2.24) is 33.5 Å². The molecule has 13 heteroatoms. The standard InChI is InChI=1S/C21H28ClN9O2S/c1-34(2,32)30-5-3-28(4-6-30)13-16-14-31-18(22)17(15-11-24-21(23)25-12-15)27-19(20(31)26-16)29-7-9-33-10-8-29/h11-12,14H,1,3-10,13H2,2H3,(H2,23,24,25). The van der Waals surface area contributed by atoms with Gasteiger partial charge in [0.2, 0.25) is 5.95 Å². The van der Waals surface area contributed by atoms with E-state index in [0.717, 1.165) is 37.7 Å². The van der Waals surface area contributed by atoms with E-state index >= 15 is 0 Å². The molecule has 5 heterocycles. The van der Waals surface area contributed by atoms with Gasteiger partial charge < -0.3 is 15.4 Å². The summed E-state index contributed by atoms with van der Waals surface area (Å²) in [6.07, 6.45) is 6.90. The zero-order chi connectivity index (χ0) is 23.9. The van der Waals surface area contributed by atoms with Crippen LogP contribution in [0, 0.1) is 0 Å². The monoisotopic (exact) mass is 505 g/mol. The quantitative estimate of drug-likeness (QED) is 0.498. The highest BCUT2D eigenvalue weighted by Crippen LogP contribution is 2.32. The SMILES string of the molecule is C=S(C)(=O)N1CCN(Cc2cn3c(Cl)c(-c4cnc(N)nc4)nc(N4CCOCC4)c3n2)CC1. The summed E-state index contributed by atoms with van der Waals surface area (Å²) in [5.41, 5.74) is 8.51. The second-order valence-corrected chi connectivity index (χ2v) is 11.4. The highest BCUT2D eigenvalue weighted by Gasteiger charge is 2.25. The van der Waals surface area contributed by atoms with Gasteiger partial charge in [-0.2, -0.15) is 0 Å². The number of hydrogen-bond donors (Lipinski definition) is 1. The number of ether oxygens (including phenoxy) is 1. The molecule has 2 saturated heterocycles. The van der Waals surface area contributed by atoms with Crippen LogP contribution in [0.1, 0.15) is 5.69 Å². The fraction of sp³-hybridized carbons (Fsp3) is 0.476. The van der Waals surface area contributed by atoms with Gasteiger partial charge in [-0.3, -0.25) is 13.5 Å². The summed E-state index contributed by atoms with van der Waals surface area (Å²) in [5.74, 6) is 4.74. The lowest BCUT2D eigenvalue weighted by Crippen LogP contribution is -2.47. The number of anilines is 2. The van der Waals surface area contributed by atoms with Crippen molar-refractivity contribution in [1.29, 1.82) is 0 Å². The molecule has 0 aromatic carbocycles. The molecule has 11 nitrogen and oxygen atoms in total. The fourth-order valence-corrected chi connectivity index (χ4v) is 5.48. The Morgan fingerprint density at radius 3 is 2.44 bits per heavy atom. The van der Waals surface area contributed by atoms with E-state index in [2.05, 4.69) is 25.6 Å². The number of nitrogens with zero attached hydrogens (tertiary/aromatic N) is 8. The van der Waals surface area contributed by atoms with Crippen LogP contribution < -0.4 is 10.6 Å². The molecule has 2 N–H and O–H groups in total. The maximum atomic E-state index is 12.2. The zero-order valence-electron chi connectivity index (χ0n) is 19.1. The van der Waals surface area contributed by atoms with Gasteiger partial charge in [0.1, 0.15) is 10.8 Å². The van der Waals surface area contributed by atoms with Crippen molar-refractivity contribution < 1.29 is 8.95 Å². The molecule has 0 aliphatic carbocycles. The van der Waals surface area contributed by atoms with E-state index < -0.39 is 9.71 Å². The third-order valence-corrected chi connectivity index (χ3v) is 7.92. The van der Waals surface area contributed by atoms with Gasteiger partial charge in [-0.15, -0.1) is 0 Å². The van der Waals surface area contributed by atoms with Crippen molar-refractivity contribution in [3.05, 3.63) is 29.4 Å². The van der Waals surface area contributed by atoms with Gasteiger partial charge in [-0.1, -0.05) is 11.6 Å². The molecule has 3 aromatic heterocycles. The Kier molecular flexibility index (Phi) is 6.34. The molecule has 1 atom stereocenters. The summed E-state index contributed by atoms with van der Waals surface area (Å²) >= 11 is 6.82.